The van der Waals surface area contributed by atoms with E-state index in [0.717, 1.165) is 38.5 Å². The number of fused-ring (bicyclic) bond motifs is 5. The Morgan fingerprint density at radius 2 is 1.92 bits per heavy atom. The molecule has 8 atom stereocenters. The third-order valence-electron chi connectivity index (χ3n) is 9.11. The molecular formula is C22H34O4. The number of hydrogen-bond donors (Lipinski definition) is 2. The first-order valence-corrected chi connectivity index (χ1v) is 10.3. The molecule has 4 heteroatoms. The molecule has 0 bridgehead atoms. The summed E-state index contributed by atoms with van der Waals surface area (Å²) >= 11 is 0. The summed E-state index contributed by atoms with van der Waals surface area (Å²) in [6, 6.07) is 0. The molecule has 0 radical (unpaired) electrons. The number of hydrogen-bond acceptors (Lipinski definition) is 4. The van der Waals surface area contributed by atoms with Crippen LogP contribution in [0.15, 0.2) is 11.6 Å². The van der Waals surface area contributed by atoms with Gasteiger partial charge in [0, 0.05) is 12.5 Å². The molecule has 0 aromatic carbocycles. The number of ketones is 1. The lowest BCUT2D eigenvalue weighted by molar-refractivity contribution is -0.183. The van der Waals surface area contributed by atoms with Crippen molar-refractivity contribution in [2.75, 3.05) is 7.11 Å². The zero-order chi connectivity index (χ0) is 18.9. The molecule has 0 spiro atoms. The molecule has 4 rings (SSSR count). The van der Waals surface area contributed by atoms with Gasteiger partial charge in [0.1, 0.15) is 0 Å². The highest BCUT2D eigenvalue weighted by Gasteiger charge is 2.69. The van der Waals surface area contributed by atoms with Gasteiger partial charge in [0.2, 0.25) is 0 Å². The van der Waals surface area contributed by atoms with E-state index in [0.29, 0.717) is 24.2 Å². The Labute approximate surface area is 157 Å². The maximum Gasteiger partial charge on any atom is 0.164 e. The van der Waals surface area contributed by atoms with Crippen molar-refractivity contribution in [3.05, 3.63) is 11.6 Å². The summed E-state index contributed by atoms with van der Waals surface area (Å²) in [6.45, 7) is 6.15. The minimum atomic E-state index is -1.06. The fourth-order valence-electron chi connectivity index (χ4n) is 7.79. The van der Waals surface area contributed by atoms with Crippen LogP contribution in [0.25, 0.3) is 0 Å². The summed E-state index contributed by atoms with van der Waals surface area (Å²) < 4.78 is 5.82. The highest BCUT2D eigenvalue weighted by Crippen LogP contribution is 2.67. The van der Waals surface area contributed by atoms with E-state index >= 15 is 0 Å². The predicted molar refractivity (Wildman–Crippen MR) is 99.5 cm³/mol. The van der Waals surface area contributed by atoms with E-state index in [4.69, 9.17) is 4.74 Å². The van der Waals surface area contributed by atoms with Gasteiger partial charge in [-0.2, -0.15) is 0 Å². The largest absolute Gasteiger partial charge is 0.393 e. The molecule has 4 aliphatic rings. The average Bonchev–Trinajstić information content (AvgIpc) is 2.82. The third-order valence-corrected chi connectivity index (χ3v) is 9.11. The summed E-state index contributed by atoms with van der Waals surface area (Å²) in [7, 11) is 1.59. The first kappa shape index (κ1) is 18.6. The van der Waals surface area contributed by atoms with E-state index in [-0.39, 0.29) is 22.7 Å². The molecule has 0 saturated heterocycles. The Hall–Kier alpha value is -0.710. The maximum absolute atomic E-state index is 12.6. The first-order chi connectivity index (χ1) is 12.2. The Morgan fingerprint density at radius 3 is 2.58 bits per heavy atom. The number of aliphatic hydroxyl groups excluding tert-OH is 2. The Kier molecular flexibility index (Phi) is 4.22. The standard InChI is InChI=1S/C22H34O4/c1-13(23)22(26-4)19(25)12-18-16-6-5-14-11-15(24)7-9-20(14,2)17(16)8-10-21(18,22)3/h5,15-19,24-25H,6-12H2,1-4H3/t15?,16?,17?,18?,19-,20+,21+,22-/m1/s1. The van der Waals surface area contributed by atoms with Crippen LogP contribution in [0.5, 0.6) is 0 Å². The Bertz CT molecular complexity index is 642. The summed E-state index contributed by atoms with van der Waals surface area (Å²) in [4.78, 5) is 12.6. The number of carbonyl (C=O) groups excluding carboxylic acids is 1. The second kappa shape index (κ2) is 5.89. The maximum atomic E-state index is 12.6. The van der Waals surface area contributed by atoms with Crippen LogP contribution in [-0.4, -0.2) is 40.9 Å². The van der Waals surface area contributed by atoms with E-state index in [1.807, 2.05) is 0 Å². The number of Topliss-reactive ketones (excluding diaryl/α,β-unsaturated/α-hetero) is 1. The number of allylic oxidation sites excluding steroid dienone is 1. The van der Waals surface area contributed by atoms with Gasteiger partial charge < -0.3 is 14.9 Å². The fraction of sp³-hybridized carbons (Fsp3) is 0.864. The van der Waals surface area contributed by atoms with Gasteiger partial charge in [-0.25, -0.2) is 0 Å². The van der Waals surface area contributed by atoms with Crippen molar-refractivity contribution in [1.29, 1.82) is 0 Å². The molecule has 3 saturated carbocycles. The zero-order valence-corrected chi connectivity index (χ0v) is 16.6. The highest BCUT2D eigenvalue weighted by molar-refractivity contribution is 5.87. The van der Waals surface area contributed by atoms with Crippen molar-refractivity contribution in [3.63, 3.8) is 0 Å². The molecule has 3 fully saturated rings. The lowest BCUT2D eigenvalue weighted by Crippen LogP contribution is -2.60. The Morgan fingerprint density at radius 1 is 1.19 bits per heavy atom. The first-order valence-electron chi connectivity index (χ1n) is 10.3. The van der Waals surface area contributed by atoms with E-state index < -0.39 is 11.7 Å². The van der Waals surface area contributed by atoms with E-state index in [2.05, 4.69) is 19.9 Å². The molecular weight excluding hydrogens is 328 g/mol. The lowest BCUT2D eigenvalue weighted by Gasteiger charge is -2.59. The van der Waals surface area contributed by atoms with Crippen LogP contribution in [0.3, 0.4) is 0 Å². The van der Waals surface area contributed by atoms with Crippen molar-refractivity contribution in [2.45, 2.75) is 83.5 Å². The SMILES string of the molecule is CO[C@]1(C(C)=O)[C@H](O)CC2C3CC=C4CC(O)CC[C@]4(C)C3CC[C@@]21C. The van der Waals surface area contributed by atoms with Crippen LogP contribution in [-0.2, 0) is 9.53 Å². The molecule has 0 aliphatic heterocycles. The second-order valence-electron chi connectivity index (χ2n) is 9.86. The van der Waals surface area contributed by atoms with Crippen molar-refractivity contribution < 1.29 is 19.7 Å². The van der Waals surface area contributed by atoms with Crippen molar-refractivity contribution in [1.82, 2.24) is 0 Å². The van der Waals surface area contributed by atoms with Gasteiger partial charge >= 0.3 is 0 Å². The summed E-state index contributed by atoms with van der Waals surface area (Å²) in [5, 5.41) is 21.1. The molecule has 26 heavy (non-hydrogen) atoms. The minimum Gasteiger partial charge on any atom is -0.393 e. The quantitative estimate of drug-likeness (QED) is 0.740. The van der Waals surface area contributed by atoms with Gasteiger partial charge in [-0.1, -0.05) is 25.5 Å². The van der Waals surface area contributed by atoms with Crippen LogP contribution in [0.2, 0.25) is 0 Å². The third kappa shape index (κ3) is 2.10. The van der Waals surface area contributed by atoms with E-state index in [1.54, 1.807) is 14.0 Å². The van der Waals surface area contributed by atoms with Crippen molar-refractivity contribution >= 4 is 5.78 Å². The van der Waals surface area contributed by atoms with Crippen LogP contribution in [0.4, 0.5) is 0 Å². The normalized spacial score (nSPS) is 53.3. The Balaban J connectivity index is 1.73. The van der Waals surface area contributed by atoms with Crippen LogP contribution in [0.1, 0.15) is 65.7 Å². The van der Waals surface area contributed by atoms with Gasteiger partial charge in [-0.05, 0) is 75.0 Å². The van der Waals surface area contributed by atoms with E-state index in [1.165, 1.54) is 5.57 Å². The van der Waals surface area contributed by atoms with Gasteiger partial charge in [-0.3, -0.25) is 4.79 Å². The van der Waals surface area contributed by atoms with Crippen LogP contribution < -0.4 is 0 Å². The highest BCUT2D eigenvalue weighted by atomic mass is 16.5. The molecule has 0 aromatic rings. The van der Waals surface area contributed by atoms with Crippen molar-refractivity contribution in [3.8, 4) is 0 Å². The summed E-state index contributed by atoms with van der Waals surface area (Å²) in [5.41, 5.74) is 0.257. The molecule has 0 aromatic heterocycles. The predicted octanol–water partition coefficient (Wildman–Crippen LogP) is 3.26. The number of methoxy groups -OCH3 is 1. The number of rotatable bonds is 2. The fourth-order valence-corrected chi connectivity index (χ4v) is 7.79. The van der Waals surface area contributed by atoms with Gasteiger partial charge in [0.05, 0.1) is 12.2 Å². The topological polar surface area (TPSA) is 66.8 Å². The molecule has 0 amide bonds. The molecule has 4 unspecified atom stereocenters. The lowest BCUT2D eigenvalue weighted by atomic mass is 9.46. The molecule has 4 nitrogen and oxygen atoms in total. The number of ether oxygens (including phenoxy) is 1. The number of carbonyl (C=O) groups is 1. The van der Waals surface area contributed by atoms with Crippen molar-refractivity contribution in [2.24, 2.45) is 28.6 Å². The summed E-state index contributed by atoms with van der Waals surface area (Å²) in [5.74, 6) is 1.35. The molecule has 0 heterocycles. The number of aliphatic hydroxyl groups is 2. The van der Waals surface area contributed by atoms with Crippen LogP contribution in [0, 0.1) is 28.6 Å². The monoisotopic (exact) mass is 362 g/mol. The zero-order valence-electron chi connectivity index (χ0n) is 16.6. The van der Waals surface area contributed by atoms with Gasteiger partial charge in [-0.15, -0.1) is 0 Å². The van der Waals surface area contributed by atoms with Gasteiger partial charge in [0.15, 0.2) is 11.4 Å². The van der Waals surface area contributed by atoms with E-state index in [9.17, 15) is 15.0 Å². The molecule has 4 aliphatic carbocycles. The second-order valence-corrected chi connectivity index (χ2v) is 9.86. The van der Waals surface area contributed by atoms with Gasteiger partial charge in [0.25, 0.3) is 0 Å². The average molecular weight is 363 g/mol. The smallest absolute Gasteiger partial charge is 0.164 e. The molecule has 2 N–H and O–H groups in total. The van der Waals surface area contributed by atoms with Crippen LogP contribution >= 0.6 is 0 Å². The summed E-state index contributed by atoms with van der Waals surface area (Å²) in [6.07, 6.45) is 7.90. The molecule has 146 valence electrons. The minimum absolute atomic E-state index is 0.0324.